The summed E-state index contributed by atoms with van der Waals surface area (Å²) in [5, 5.41) is 0.851. The first-order valence-corrected chi connectivity index (χ1v) is 11.6. The highest BCUT2D eigenvalue weighted by molar-refractivity contribution is 7.21. The van der Waals surface area contributed by atoms with Gasteiger partial charge in [0.1, 0.15) is 9.71 Å². The molecule has 3 heterocycles. The van der Waals surface area contributed by atoms with Gasteiger partial charge in [0, 0.05) is 42.7 Å². The SMILES string of the molecule is COc1ccc(C(=O)c2sc3nc4c(cc3c2N)CN(Cc2ccccc2)CC4)cc1OC. The Bertz CT molecular complexity index is 1330. The Kier molecular flexibility index (Phi) is 5.74. The second kappa shape index (κ2) is 8.84. The van der Waals surface area contributed by atoms with Crippen molar-refractivity contribution in [2.75, 3.05) is 26.5 Å². The van der Waals surface area contributed by atoms with Gasteiger partial charge in [-0.05, 0) is 35.4 Å². The number of carbonyl (C=O) groups excluding carboxylic acids is 1. The second-order valence-electron chi connectivity index (χ2n) is 8.14. The van der Waals surface area contributed by atoms with E-state index in [1.54, 1.807) is 32.4 Å². The molecule has 7 heteroatoms. The predicted octanol–water partition coefficient (Wildman–Crippen LogP) is 4.69. The van der Waals surface area contributed by atoms with Crippen LogP contribution in [0, 0.1) is 0 Å². The minimum absolute atomic E-state index is 0.139. The monoisotopic (exact) mass is 459 g/mol. The third kappa shape index (κ3) is 4.05. The molecule has 6 nitrogen and oxygen atoms in total. The van der Waals surface area contributed by atoms with Crippen LogP contribution in [0.3, 0.4) is 0 Å². The van der Waals surface area contributed by atoms with E-state index in [9.17, 15) is 4.79 Å². The number of pyridine rings is 1. The van der Waals surface area contributed by atoms with Gasteiger partial charge in [0.2, 0.25) is 5.78 Å². The van der Waals surface area contributed by atoms with Crippen molar-refractivity contribution in [2.45, 2.75) is 19.5 Å². The number of ether oxygens (including phenoxy) is 2. The molecule has 2 N–H and O–H groups in total. The van der Waals surface area contributed by atoms with E-state index in [2.05, 4.69) is 35.2 Å². The van der Waals surface area contributed by atoms with Crippen molar-refractivity contribution in [1.29, 1.82) is 0 Å². The van der Waals surface area contributed by atoms with Gasteiger partial charge in [-0.15, -0.1) is 11.3 Å². The zero-order valence-corrected chi connectivity index (χ0v) is 19.4. The lowest BCUT2D eigenvalue weighted by Gasteiger charge is -2.28. The average Bonchev–Trinajstić information content (AvgIpc) is 3.17. The molecular weight excluding hydrogens is 434 g/mol. The standard InChI is InChI=1S/C26H25N3O3S/c1-31-21-9-8-17(13-22(21)32-2)24(30)25-23(27)19-12-18-15-29(14-16-6-4-3-5-7-16)11-10-20(18)28-26(19)33-25/h3-9,12-13H,10-11,14-15,27H2,1-2H3. The number of nitrogens with two attached hydrogens (primary N) is 1. The Morgan fingerprint density at radius 3 is 2.64 bits per heavy atom. The molecule has 0 bridgehead atoms. The highest BCUT2D eigenvalue weighted by Crippen LogP contribution is 2.37. The second-order valence-corrected chi connectivity index (χ2v) is 9.14. The van der Waals surface area contributed by atoms with E-state index in [4.69, 9.17) is 20.2 Å². The third-order valence-electron chi connectivity index (χ3n) is 6.05. The van der Waals surface area contributed by atoms with Crippen LogP contribution in [0.2, 0.25) is 0 Å². The van der Waals surface area contributed by atoms with Gasteiger partial charge in [-0.25, -0.2) is 4.98 Å². The summed E-state index contributed by atoms with van der Waals surface area (Å²) < 4.78 is 10.6. The van der Waals surface area contributed by atoms with Crippen molar-refractivity contribution in [3.05, 3.63) is 81.9 Å². The van der Waals surface area contributed by atoms with Crippen LogP contribution in [0.4, 0.5) is 5.69 Å². The van der Waals surface area contributed by atoms with E-state index in [1.807, 2.05) is 6.07 Å². The molecule has 33 heavy (non-hydrogen) atoms. The van der Waals surface area contributed by atoms with E-state index >= 15 is 0 Å². The minimum atomic E-state index is -0.139. The molecule has 0 spiro atoms. The van der Waals surface area contributed by atoms with Crippen molar-refractivity contribution in [1.82, 2.24) is 9.88 Å². The number of carbonyl (C=O) groups is 1. The van der Waals surface area contributed by atoms with Crippen molar-refractivity contribution in [3.63, 3.8) is 0 Å². The van der Waals surface area contributed by atoms with Gasteiger partial charge in [0.15, 0.2) is 11.5 Å². The molecule has 2 aromatic carbocycles. The molecule has 0 unspecified atom stereocenters. The highest BCUT2D eigenvalue weighted by atomic mass is 32.1. The van der Waals surface area contributed by atoms with E-state index in [1.165, 1.54) is 22.5 Å². The number of benzene rings is 2. The Morgan fingerprint density at radius 2 is 1.88 bits per heavy atom. The maximum absolute atomic E-state index is 13.3. The minimum Gasteiger partial charge on any atom is -0.493 e. The number of nitrogens with zero attached hydrogens (tertiary/aromatic N) is 2. The molecule has 1 aliphatic heterocycles. The lowest BCUT2D eigenvalue weighted by molar-refractivity contribution is 0.104. The summed E-state index contributed by atoms with van der Waals surface area (Å²) in [4.78, 5) is 21.9. The predicted molar refractivity (Wildman–Crippen MR) is 131 cm³/mol. The van der Waals surface area contributed by atoms with E-state index in [-0.39, 0.29) is 5.78 Å². The largest absolute Gasteiger partial charge is 0.493 e. The quantitative estimate of drug-likeness (QED) is 0.422. The summed E-state index contributed by atoms with van der Waals surface area (Å²) in [6.07, 6.45) is 0.884. The van der Waals surface area contributed by atoms with Crippen LogP contribution in [0.15, 0.2) is 54.6 Å². The number of rotatable bonds is 6. The number of thiophene rings is 1. The molecule has 0 saturated carbocycles. The van der Waals surface area contributed by atoms with E-state index in [0.29, 0.717) is 27.6 Å². The number of fused-ring (bicyclic) bond motifs is 2. The molecule has 2 aromatic heterocycles. The fourth-order valence-corrected chi connectivity index (χ4v) is 5.37. The van der Waals surface area contributed by atoms with Crippen molar-refractivity contribution >= 4 is 33.0 Å². The van der Waals surface area contributed by atoms with Crippen LogP contribution in [0.25, 0.3) is 10.2 Å². The molecule has 1 aliphatic rings. The van der Waals surface area contributed by atoms with Crippen LogP contribution in [-0.2, 0) is 19.5 Å². The molecule has 4 aromatic rings. The normalized spacial score (nSPS) is 13.6. The Labute approximate surface area is 196 Å². The first-order valence-electron chi connectivity index (χ1n) is 10.8. The van der Waals surface area contributed by atoms with Gasteiger partial charge in [0.25, 0.3) is 0 Å². The number of nitrogen functional groups attached to an aromatic ring is 1. The lowest BCUT2D eigenvalue weighted by Crippen LogP contribution is -2.30. The van der Waals surface area contributed by atoms with E-state index in [0.717, 1.165) is 42.0 Å². The summed E-state index contributed by atoms with van der Waals surface area (Å²) in [7, 11) is 3.12. The first-order chi connectivity index (χ1) is 16.1. The molecule has 168 valence electrons. The Morgan fingerprint density at radius 1 is 1.09 bits per heavy atom. The molecular formula is C26H25N3O3S. The van der Waals surface area contributed by atoms with Crippen molar-refractivity contribution in [2.24, 2.45) is 0 Å². The van der Waals surface area contributed by atoms with Crippen LogP contribution >= 0.6 is 11.3 Å². The maximum Gasteiger partial charge on any atom is 0.205 e. The molecule has 0 fully saturated rings. The summed E-state index contributed by atoms with van der Waals surface area (Å²) >= 11 is 1.36. The zero-order chi connectivity index (χ0) is 22.9. The molecule has 0 aliphatic carbocycles. The fourth-order valence-electron chi connectivity index (χ4n) is 4.31. The summed E-state index contributed by atoms with van der Waals surface area (Å²) in [6, 6.07) is 17.7. The lowest BCUT2D eigenvalue weighted by atomic mass is 10.0. The van der Waals surface area contributed by atoms with Crippen LogP contribution < -0.4 is 15.2 Å². The number of anilines is 1. The van der Waals surface area contributed by atoms with Gasteiger partial charge in [-0.1, -0.05) is 30.3 Å². The molecule has 0 saturated heterocycles. The van der Waals surface area contributed by atoms with Gasteiger partial charge < -0.3 is 15.2 Å². The van der Waals surface area contributed by atoms with Crippen LogP contribution in [-0.4, -0.2) is 36.4 Å². The molecule has 0 atom stereocenters. The summed E-state index contributed by atoms with van der Waals surface area (Å²) in [5.41, 5.74) is 11.0. The fraction of sp³-hybridized carbons (Fsp3) is 0.231. The molecule has 5 rings (SSSR count). The Balaban J connectivity index is 1.45. The Hall–Kier alpha value is -3.42. The van der Waals surface area contributed by atoms with Crippen LogP contribution in [0.5, 0.6) is 11.5 Å². The number of aromatic nitrogens is 1. The van der Waals surface area contributed by atoms with Crippen LogP contribution in [0.1, 0.15) is 32.1 Å². The van der Waals surface area contributed by atoms with Crippen molar-refractivity contribution in [3.8, 4) is 11.5 Å². The van der Waals surface area contributed by atoms with Gasteiger partial charge in [-0.3, -0.25) is 9.69 Å². The van der Waals surface area contributed by atoms with Gasteiger partial charge in [-0.2, -0.15) is 0 Å². The van der Waals surface area contributed by atoms with Gasteiger partial charge >= 0.3 is 0 Å². The number of hydrogen-bond acceptors (Lipinski definition) is 7. The number of ketones is 1. The summed E-state index contributed by atoms with van der Waals surface area (Å²) in [6.45, 7) is 2.68. The van der Waals surface area contributed by atoms with Gasteiger partial charge in [0.05, 0.1) is 19.9 Å². The number of methoxy groups -OCH3 is 2. The topological polar surface area (TPSA) is 77.7 Å². The third-order valence-corrected chi connectivity index (χ3v) is 7.16. The smallest absolute Gasteiger partial charge is 0.205 e. The first kappa shape index (κ1) is 21.4. The van der Waals surface area contributed by atoms with E-state index < -0.39 is 0 Å². The summed E-state index contributed by atoms with van der Waals surface area (Å²) in [5.74, 6) is 0.947. The highest BCUT2D eigenvalue weighted by Gasteiger charge is 2.24. The maximum atomic E-state index is 13.3. The van der Waals surface area contributed by atoms with Crippen molar-refractivity contribution < 1.29 is 14.3 Å². The zero-order valence-electron chi connectivity index (χ0n) is 18.6. The average molecular weight is 460 g/mol. The molecule has 0 radical (unpaired) electrons. The number of hydrogen-bond donors (Lipinski definition) is 1. The molecule has 0 amide bonds.